The third-order valence-electron chi connectivity index (χ3n) is 5.79. The van der Waals surface area contributed by atoms with Crippen LogP contribution in [0.5, 0.6) is 0 Å². The van der Waals surface area contributed by atoms with Crippen LogP contribution in [0.3, 0.4) is 0 Å². The van der Waals surface area contributed by atoms with Crippen LogP contribution in [-0.2, 0) is 30.2 Å². The first kappa shape index (κ1) is 34.7. The fraction of sp³-hybridized carbons (Fsp3) is 0.667. The molecule has 1 rings (SSSR count). The molecule has 40 heavy (non-hydrogen) atoms. The number of carboxylic acid groups (broad SMARTS) is 1. The second-order valence-corrected chi connectivity index (χ2v) is 12.6. The minimum absolute atomic E-state index is 0.278. The van der Waals surface area contributed by atoms with Gasteiger partial charge in [-0.2, -0.15) is 0 Å². The first-order chi connectivity index (χ1) is 18.3. The zero-order valence-corrected chi connectivity index (χ0v) is 25.9. The monoisotopic (exact) mass is 564 g/mol. The Hall–Kier alpha value is -3.30. The van der Waals surface area contributed by atoms with Crippen molar-refractivity contribution in [2.75, 3.05) is 6.54 Å². The second kappa shape index (κ2) is 14.4. The minimum atomic E-state index is -1.24. The Labute approximate surface area is 238 Å². The van der Waals surface area contributed by atoms with Gasteiger partial charge in [-0.1, -0.05) is 58.9 Å². The van der Waals surface area contributed by atoms with E-state index in [1.165, 1.54) is 0 Å². The Bertz CT molecular complexity index is 1020. The number of hydrogen-bond donors (Lipinski definition) is 2. The molecule has 1 aromatic rings. The van der Waals surface area contributed by atoms with Crippen LogP contribution in [0.25, 0.3) is 0 Å². The maximum atomic E-state index is 13.5. The molecule has 0 aliphatic rings. The summed E-state index contributed by atoms with van der Waals surface area (Å²) >= 11 is 0. The Morgan fingerprint density at radius 1 is 0.925 bits per heavy atom. The third-order valence-corrected chi connectivity index (χ3v) is 5.79. The molecule has 0 saturated carbocycles. The van der Waals surface area contributed by atoms with Gasteiger partial charge in [0, 0.05) is 0 Å². The summed E-state index contributed by atoms with van der Waals surface area (Å²) in [7, 11) is 0. The van der Waals surface area contributed by atoms with Crippen molar-refractivity contribution in [1.29, 1.82) is 0 Å². The summed E-state index contributed by atoms with van der Waals surface area (Å²) in [5.74, 6) is -2.78. The van der Waals surface area contributed by atoms with E-state index in [-0.39, 0.29) is 12.5 Å². The van der Waals surface area contributed by atoms with Crippen LogP contribution >= 0.6 is 0 Å². The Balaban J connectivity index is 3.53. The molecular weight excluding hydrogens is 516 g/mol. The second-order valence-electron chi connectivity index (χ2n) is 12.6. The van der Waals surface area contributed by atoms with E-state index in [0.717, 1.165) is 10.5 Å². The van der Waals surface area contributed by atoms with Crippen molar-refractivity contribution in [3.05, 3.63) is 35.4 Å². The van der Waals surface area contributed by atoms with Crippen LogP contribution in [0.4, 0.5) is 9.59 Å². The number of aryl methyl sites for hydroxylation is 1. The molecule has 226 valence electrons. The van der Waals surface area contributed by atoms with E-state index in [2.05, 4.69) is 5.32 Å². The molecule has 0 aromatic heterocycles. The SMILES string of the molecule is CCc1cccc(C(CN(C(=O)OC(C)(C)C)[C@@H](C(=O)O)C(C)C)OC(=O)[C@@H](NC(=O)OC(C)(C)C)C(C)C)c1. The molecule has 2 amide bonds. The van der Waals surface area contributed by atoms with Gasteiger partial charge in [0.25, 0.3) is 0 Å². The van der Waals surface area contributed by atoms with Gasteiger partial charge >= 0.3 is 24.1 Å². The van der Waals surface area contributed by atoms with Crippen LogP contribution in [0.15, 0.2) is 24.3 Å². The summed E-state index contributed by atoms with van der Waals surface area (Å²) in [5, 5.41) is 12.6. The summed E-state index contributed by atoms with van der Waals surface area (Å²) in [4.78, 5) is 52.7. The zero-order chi connectivity index (χ0) is 31.0. The molecule has 1 aromatic carbocycles. The van der Waals surface area contributed by atoms with Crippen molar-refractivity contribution >= 4 is 24.1 Å². The number of amides is 2. The van der Waals surface area contributed by atoms with Crippen LogP contribution in [0.1, 0.15) is 93.4 Å². The summed E-state index contributed by atoms with van der Waals surface area (Å²) in [6, 6.07) is 5.03. The van der Waals surface area contributed by atoms with Gasteiger partial charge in [0.2, 0.25) is 0 Å². The largest absolute Gasteiger partial charge is 0.480 e. The quantitative estimate of drug-likeness (QED) is 0.257. The molecule has 0 fully saturated rings. The molecule has 0 aliphatic heterocycles. The normalized spacial score (nSPS) is 14.2. The number of benzene rings is 1. The molecule has 0 heterocycles. The fourth-order valence-electron chi connectivity index (χ4n) is 3.95. The first-order valence-corrected chi connectivity index (χ1v) is 13.8. The molecule has 10 heteroatoms. The highest BCUT2D eigenvalue weighted by Gasteiger charge is 2.39. The highest BCUT2D eigenvalue weighted by molar-refractivity contribution is 5.82. The lowest BCUT2D eigenvalue weighted by molar-refractivity contribution is -0.155. The number of carbonyl (C=O) groups excluding carboxylic acids is 3. The van der Waals surface area contributed by atoms with Crippen LogP contribution in [0.2, 0.25) is 0 Å². The van der Waals surface area contributed by atoms with E-state index < -0.39 is 59.4 Å². The molecule has 0 radical (unpaired) electrons. The average molecular weight is 565 g/mol. The zero-order valence-electron chi connectivity index (χ0n) is 25.9. The molecule has 0 aliphatic carbocycles. The minimum Gasteiger partial charge on any atom is -0.480 e. The van der Waals surface area contributed by atoms with Crippen molar-refractivity contribution in [1.82, 2.24) is 10.2 Å². The van der Waals surface area contributed by atoms with Crippen LogP contribution in [-0.4, -0.2) is 64.0 Å². The number of rotatable bonds is 11. The van der Waals surface area contributed by atoms with E-state index in [4.69, 9.17) is 14.2 Å². The number of alkyl carbamates (subject to hydrolysis) is 1. The van der Waals surface area contributed by atoms with Crippen molar-refractivity contribution in [3.63, 3.8) is 0 Å². The average Bonchev–Trinajstić information content (AvgIpc) is 2.78. The standard InChI is InChI=1S/C30H48N2O8/c1-12-20-14-13-15-21(16-20)22(38-26(35)23(18(2)3)31-27(36)39-29(6,7)8)17-32(24(19(4)5)25(33)34)28(37)40-30(9,10)11/h13-16,18-19,22-24H,12,17H2,1-11H3,(H,31,36)(H,33,34)/t22?,23-,24+/m0/s1. The van der Waals surface area contributed by atoms with E-state index in [0.29, 0.717) is 12.0 Å². The maximum absolute atomic E-state index is 13.5. The first-order valence-electron chi connectivity index (χ1n) is 13.8. The van der Waals surface area contributed by atoms with Crippen molar-refractivity contribution in [2.45, 2.75) is 112 Å². The van der Waals surface area contributed by atoms with Gasteiger partial charge in [-0.15, -0.1) is 0 Å². The van der Waals surface area contributed by atoms with E-state index in [1.54, 1.807) is 75.3 Å². The number of ether oxygens (including phenoxy) is 3. The summed E-state index contributed by atoms with van der Waals surface area (Å²) in [6.07, 6.45) is -1.95. The number of esters is 1. The molecule has 2 N–H and O–H groups in total. The van der Waals surface area contributed by atoms with E-state index >= 15 is 0 Å². The smallest absolute Gasteiger partial charge is 0.411 e. The fourth-order valence-corrected chi connectivity index (χ4v) is 3.95. The molecule has 0 bridgehead atoms. The lowest BCUT2D eigenvalue weighted by Gasteiger charge is -2.36. The van der Waals surface area contributed by atoms with Crippen molar-refractivity contribution in [3.8, 4) is 0 Å². The van der Waals surface area contributed by atoms with Gasteiger partial charge in [0.05, 0.1) is 6.54 Å². The molecular formula is C30H48N2O8. The van der Waals surface area contributed by atoms with Crippen molar-refractivity contribution in [2.24, 2.45) is 11.8 Å². The number of hydrogen-bond acceptors (Lipinski definition) is 7. The summed E-state index contributed by atoms with van der Waals surface area (Å²) < 4.78 is 16.8. The van der Waals surface area contributed by atoms with Crippen LogP contribution in [0, 0.1) is 11.8 Å². The highest BCUT2D eigenvalue weighted by atomic mass is 16.6. The van der Waals surface area contributed by atoms with Gasteiger partial charge in [0.1, 0.15) is 29.4 Å². The number of aliphatic carboxylic acids is 1. The topological polar surface area (TPSA) is 131 Å². The lowest BCUT2D eigenvalue weighted by Crippen LogP contribution is -2.52. The molecule has 0 spiro atoms. The summed E-state index contributed by atoms with van der Waals surface area (Å²) in [5.41, 5.74) is -0.110. The van der Waals surface area contributed by atoms with Gasteiger partial charge in [0.15, 0.2) is 0 Å². The van der Waals surface area contributed by atoms with Gasteiger partial charge in [-0.25, -0.2) is 19.2 Å². The number of carboxylic acids is 1. The van der Waals surface area contributed by atoms with E-state index in [1.807, 2.05) is 25.1 Å². The number of nitrogens with zero attached hydrogens (tertiary/aromatic N) is 1. The summed E-state index contributed by atoms with van der Waals surface area (Å²) in [6.45, 7) is 18.8. The lowest BCUT2D eigenvalue weighted by atomic mass is 9.99. The van der Waals surface area contributed by atoms with Gasteiger partial charge < -0.3 is 24.6 Å². The molecule has 1 unspecified atom stereocenters. The van der Waals surface area contributed by atoms with E-state index in [9.17, 15) is 24.3 Å². The Kier molecular flexibility index (Phi) is 12.5. The number of carbonyl (C=O) groups is 4. The maximum Gasteiger partial charge on any atom is 0.411 e. The van der Waals surface area contributed by atoms with Gasteiger partial charge in [-0.05, 0) is 70.9 Å². The molecule has 3 atom stereocenters. The molecule has 0 saturated heterocycles. The number of nitrogens with one attached hydrogen (secondary N) is 1. The predicted molar refractivity (Wildman–Crippen MR) is 152 cm³/mol. The highest BCUT2D eigenvalue weighted by Crippen LogP contribution is 2.26. The third kappa shape index (κ3) is 11.4. The van der Waals surface area contributed by atoms with Crippen molar-refractivity contribution < 1.29 is 38.5 Å². The van der Waals surface area contributed by atoms with Gasteiger partial charge in [-0.3, -0.25) is 4.90 Å². The predicted octanol–water partition coefficient (Wildman–Crippen LogP) is 5.73. The Morgan fingerprint density at radius 3 is 1.95 bits per heavy atom. The van der Waals surface area contributed by atoms with Crippen LogP contribution < -0.4 is 5.32 Å². The Morgan fingerprint density at radius 2 is 1.50 bits per heavy atom. The molecule has 10 nitrogen and oxygen atoms in total.